The maximum atomic E-state index is 11.6. The van der Waals surface area contributed by atoms with Crippen LogP contribution in [0.5, 0.6) is 0 Å². The molecule has 0 aromatic carbocycles. The number of carboxylic acids is 2. The van der Waals surface area contributed by atoms with Crippen LogP contribution in [0.2, 0.25) is 0 Å². The number of carbonyl (C=O) groups is 4. The van der Waals surface area contributed by atoms with Gasteiger partial charge in [-0.05, 0) is 6.42 Å². The van der Waals surface area contributed by atoms with Crippen molar-refractivity contribution < 1.29 is 34.1 Å². The quantitative estimate of drug-likeness (QED) is 0.615. The fraction of sp³-hybridized carbons (Fsp3) is 0.636. The molecule has 1 heterocycles. The second kappa shape index (κ2) is 6.17. The number of methoxy groups -OCH3 is 1. The zero-order valence-electron chi connectivity index (χ0n) is 10.4. The summed E-state index contributed by atoms with van der Waals surface area (Å²) in [6.45, 7) is -0.147. The monoisotopic (exact) mass is 273 g/mol. The molecule has 2 N–H and O–H groups in total. The van der Waals surface area contributed by atoms with Crippen molar-refractivity contribution in [2.24, 2.45) is 5.92 Å². The first-order valence-corrected chi connectivity index (χ1v) is 5.68. The predicted molar refractivity (Wildman–Crippen MR) is 60.1 cm³/mol. The molecule has 1 aliphatic heterocycles. The fourth-order valence-electron chi connectivity index (χ4n) is 1.97. The van der Waals surface area contributed by atoms with E-state index in [4.69, 9.17) is 10.2 Å². The molecule has 0 aromatic heterocycles. The van der Waals surface area contributed by atoms with E-state index in [2.05, 4.69) is 4.74 Å². The van der Waals surface area contributed by atoms with E-state index in [1.165, 1.54) is 7.11 Å². The summed E-state index contributed by atoms with van der Waals surface area (Å²) in [5.41, 5.74) is 0. The molecule has 106 valence electrons. The third-order valence-corrected chi connectivity index (χ3v) is 3.02. The second-order valence-corrected chi connectivity index (χ2v) is 4.25. The van der Waals surface area contributed by atoms with Crippen LogP contribution in [0, 0.1) is 5.92 Å². The van der Waals surface area contributed by atoms with E-state index in [0.29, 0.717) is 0 Å². The zero-order valence-corrected chi connectivity index (χ0v) is 10.4. The smallest absolute Gasteiger partial charge is 0.326 e. The molecule has 0 aromatic rings. The first-order chi connectivity index (χ1) is 8.86. The lowest BCUT2D eigenvalue weighted by Crippen LogP contribution is -2.42. The molecule has 0 saturated carbocycles. The fourth-order valence-corrected chi connectivity index (χ4v) is 1.97. The van der Waals surface area contributed by atoms with Gasteiger partial charge in [0.15, 0.2) is 0 Å². The molecule has 0 bridgehead atoms. The van der Waals surface area contributed by atoms with Gasteiger partial charge in [0.25, 0.3) is 0 Å². The van der Waals surface area contributed by atoms with Gasteiger partial charge >= 0.3 is 17.9 Å². The van der Waals surface area contributed by atoms with Gasteiger partial charge in [0, 0.05) is 19.4 Å². The van der Waals surface area contributed by atoms with Crippen LogP contribution in [-0.2, 0) is 23.9 Å². The Bertz CT molecular complexity index is 406. The van der Waals surface area contributed by atoms with Crippen LogP contribution in [0.1, 0.15) is 19.3 Å². The number of nitrogens with zero attached hydrogens (tertiary/aromatic N) is 1. The second-order valence-electron chi connectivity index (χ2n) is 4.25. The van der Waals surface area contributed by atoms with Crippen LogP contribution in [0.4, 0.5) is 0 Å². The lowest BCUT2D eigenvalue weighted by molar-refractivity contribution is -0.150. The highest BCUT2D eigenvalue weighted by molar-refractivity contribution is 5.89. The van der Waals surface area contributed by atoms with Gasteiger partial charge < -0.3 is 19.8 Å². The molecule has 19 heavy (non-hydrogen) atoms. The van der Waals surface area contributed by atoms with Gasteiger partial charge in [-0.3, -0.25) is 14.4 Å². The number of likely N-dealkylation sites (tertiary alicyclic amines) is 1. The SMILES string of the molecule is COC(=O)CC[C@@H](C(=O)O)N1CC(C(=O)O)CC1=O. The minimum absolute atomic E-state index is 0.0971. The summed E-state index contributed by atoms with van der Waals surface area (Å²) in [6, 6.07) is -1.20. The Kier molecular flexibility index (Phi) is 4.85. The van der Waals surface area contributed by atoms with Crippen LogP contribution < -0.4 is 0 Å². The van der Waals surface area contributed by atoms with Crippen molar-refractivity contribution in [3.05, 3.63) is 0 Å². The average Bonchev–Trinajstić information content (AvgIpc) is 2.71. The van der Waals surface area contributed by atoms with E-state index in [1.54, 1.807) is 0 Å². The van der Waals surface area contributed by atoms with Gasteiger partial charge in [-0.2, -0.15) is 0 Å². The van der Waals surface area contributed by atoms with Crippen molar-refractivity contribution in [2.75, 3.05) is 13.7 Å². The number of carboxylic acid groups (broad SMARTS) is 2. The van der Waals surface area contributed by atoms with Crippen LogP contribution in [-0.4, -0.2) is 58.6 Å². The van der Waals surface area contributed by atoms with Crippen LogP contribution in [0.25, 0.3) is 0 Å². The molecule has 1 rings (SSSR count). The Morgan fingerprint density at radius 1 is 1.42 bits per heavy atom. The topological polar surface area (TPSA) is 121 Å². The molecule has 1 unspecified atom stereocenters. The van der Waals surface area contributed by atoms with E-state index in [9.17, 15) is 19.2 Å². The summed E-state index contributed by atoms with van der Waals surface area (Å²) in [5, 5.41) is 17.9. The highest BCUT2D eigenvalue weighted by Gasteiger charge is 2.40. The molecule has 1 amide bonds. The lowest BCUT2D eigenvalue weighted by Gasteiger charge is -2.24. The summed E-state index contributed by atoms with van der Waals surface area (Å²) in [7, 11) is 1.18. The van der Waals surface area contributed by atoms with Gasteiger partial charge in [0.1, 0.15) is 6.04 Å². The number of hydrogen-bond acceptors (Lipinski definition) is 5. The average molecular weight is 273 g/mol. The Balaban J connectivity index is 2.71. The van der Waals surface area contributed by atoms with Crippen LogP contribution >= 0.6 is 0 Å². The number of esters is 1. The van der Waals surface area contributed by atoms with Gasteiger partial charge in [-0.1, -0.05) is 0 Å². The minimum Gasteiger partial charge on any atom is -0.481 e. The third kappa shape index (κ3) is 3.67. The maximum absolute atomic E-state index is 11.6. The largest absolute Gasteiger partial charge is 0.481 e. The first-order valence-electron chi connectivity index (χ1n) is 5.68. The van der Waals surface area contributed by atoms with E-state index in [-0.39, 0.29) is 25.8 Å². The summed E-state index contributed by atoms with van der Waals surface area (Å²) in [5.74, 6) is -4.39. The Morgan fingerprint density at radius 2 is 2.05 bits per heavy atom. The third-order valence-electron chi connectivity index (χ3n) is 3.02. The minimum atomic E-state index is -1.26. The van der Waals surface area contributed by atoms with E-state index in [1.807, 2.05) is 0 Å². The standard InChI is InChI=1S/C11H15NO7/c1-19-9(14)3-2-7(11(17)18)12-5-6(10(15)16)4-8(12)13/h6-7H,2-5H2,1H3,(H,15,16)(H,17,18)/t6?,7-/m0/s1. The van der Waals surface area contributed by atoms with E-state index < -0.39 is 35.8 Å². The molecule has 8 nitrogen and oxygen atoms in total. The summed E-state index contributed by atoms with van der Waals surface area (Å²) < 4.78 is 4.40. The summed E-state index contributed by atoms with van der Waals surface area (Å²) in [4.78, 5) is 45.5. The molecule has 0 radical (unpaired) electrons. The number of ether oxygens (including phenoxy) is 1. The van der Waals surface area contributed by atoms with Gasteiger partial charge in [0.05, 0.1) is 13.0 Å². The molecule has 8 heteroatoms. The molecular weight excluding hydrogens is 258 g/mol. The van der Waals surface area contributed by atoms with Crippen molar-refractivity contribution in [2.45, 2.75) is 25.3 Å². The van der Waals surface area contributed by atoms with Crippen LogP contribution in [0.3, 0.4) is 0 Å². The number of carbonyl (C=O) groups excluding carboxylic acids is 2. The summed E-state index contributed by atoms with van der Waals surface area (Å²) in [6.07, 6.45) is -0.452. The number of hydrogen-bond donors (Lipinski definition) is 2. The first kappa shape index (κ1) is 14.9. The number of amides is 1. The normalized spacial score (nSPS) is 20.2. The summed E-state index contributed by atoms with van der Waals surface area (Å²) >= 11 is 0. The Morgan fingerprint density at radius 3 is 2.47 bits per heavy atom. The Labute approximate surface area is 108 Å². The highest BCUT2D eigenvalue weighted by Crippen LogP contribution is 2.22. The molecule has 1 aliphatic rings. The van der Waals surface area contributed by atoms with Crippen LogP contribution in [0.15, 0.2) is 0 Å². The zero-order chi connectivity index (χ0) is 14.6. The maximum Gasteiger partial charge on any atom is 0.326 e. The number of rotatable bonds is 6. The van der Waals surface area contributed by atoms with Crippen molar-refractivity contribution in [1.82, 2.24) is 4.90 Å². The molecular formula is C11H15NO7. The Hall–Kier alpha value is -2.12. The van der Waals surface area contributed by atoms with E-state index in [0.717, 1.165) is 4.90 Å². The van der Waals surface area contributed by atoms with Crippen molar-refractivity contribution >= 4 is 23.8 Å². The molecule has 0 spiro atoms. The van der Waals surface area contributed by atoms with Gasteiger partial charge in [-0.25, -0.2) is 4.79 Å². The number of aliphatic carboxylic acids is 2. The molecule has 1 fully saturated rings. The van der Waals surface area contributed by atoms with Crippen molar-refractivity contribution in [1.29, 1.82) is 0 Å². The van der Waals surface area contributed by atoms with Crippen molar-refractivity contribution in [3.63, 3.8) is 0 Å². The highest BCUT2D eigenvalue weighted by atomic mass is 16.5. The van der Waals surface area contributed by atoms with Crippen molar-refractivity contribution in [3.8, 4) is 0 Å². The van der Waals surface area contributed by atoms with E-state index >= 15 is 0 Å². The molecule has 1 saturated heterocycles. The lowest BCUT2D eigenvalue weighted by atomic mass is 10.1. The molecule has 0 aliphatic carbocycles. The van der Waals surface area contributed by atoms with Gasteiger partial charge in [0.2, 0.25) is 5.91 Å². The molecule has 2 atom stereocenters. The predicted octanol–water partition coefficient (Wildman–Crippen LogP) is -0.674. The van der Waals surface area contributed by atoms with Gasteiger partial charge in [-0.15, -0.1) is 0 Å².